The van der Waals surface area contributed by atoms with Gasteiger partial charge in [0, 0.05) is 19.7 Å². The Kier molecular flexibility index (Phi) is 16.8. The van der Waals surface area contributed by atoms with Crippen molar-refractivity contribution in [2.45, 2.75) is 27.2 Å². The third kappa shape index (κ3) is 14.0. The van der Waals surface area contributed by atoms with Gasteiger partial charge in [-0.05, 0) is 19.3 Å². The lowest BCUT2D eigenvalue weighted by molar-refractivity contribution is 0.128. The third-order valence-corrected chi connectivity index (χ3v) is 2.09. The zero-order valence-electron chi connectivity index (χ0n) is 11.7. The molecule has 18 heavy (non-hydrogen) atoms. The summed E-state index contributed by atoms with van der Waals surface area (Å²) in [6.45, 7) is 9.90. The van der Waals surface area contributed by atoms with Gasteiger partial charge >= 0.3 is 0 Å². The number of rotatable bonds is 9. The van der Waals surface area contributed by atoms with Gasteiger partial charge < -0.3 is 20.5 Å². The number of hydrogen-bond donors (Lipinski definition) is 3. The predicted octanol–water partition coefficient (Wildman–Crippen LogP) is 1.21. The molecule has 0 aliphatic rings. The van der Waals surface area contributed by atoms with E-state index < -0.39 is 0 Å². The molecular weight excluding hydrogens is 345 g/mol. The number of nitrogens with one attached hydrogen (secondary N) is 2. The summed E-state index contributed by atoms with van der Waals surface area (Å²) in [6.07, 6.45) is 1.10. The van der Waals surface area contributed by atoms with E-state index >= 15 is 0 Å². The van der Waals surface area contributed by atoms with Crippen molar-refractivity contribution in [3.8, 4) is 0 Å². The Hall–Kier alpha value is -0.0800. The van der Waals surface area contributed by atoms with Crippen LogP contribution in [0.2, 0.25) is 0 Å². The van der Waals surface area contributed by atoms with Crippen molar-refractivity contribution in [3.63, 3.8) is 0 Å². The van der Waals surface area contributed by atoms with Crippen LogP contribution in [0.4, 0.5) is 0 Å². The van der Waals surface area contributed by atoms with Gasteiger partial charge in [-0.15, -0.1) is 24.0 Å². The van der Waals surface area contributed by atoms with E-state index in [1.165, 1.54) is 0 Å². The van der Waals surface area contributed by atoms with Crippen LogP contribution >= 0.6 is 24.0 Å². The first-order chi connectivity index (χ1) is 8.20. The summed E-state index contributed by atoms with van der Waals surface area (Å²) < 4.78 is 5.48. The molecule has 0 atom stereocenters. The molecule has 0 aliphatic carbocycles. The van der Waals surface area contributed by atoms with Crippen LogP contribution < -0.4 is 10.6 Å². The lowest BCUT2D eigenvalue weighted by atomic mass is 10.1. The maximum absolute atomic E-state index is 8.69. The molecule has 110 valence electrons. The summed E-state index contributed by atoms with van der Waals surface area (Å²) in [5.74, 6) is 1.42. The van der Waals surface area contributed by atoms with E-state index in [0.29, 0.717) is 19.1 Å². The molecule has 0 aliphatic heterocycles. The van der Waals surface area contributed by atoms with E-state index in [1.807, 2.05) is 6.92 Å². The van der Waals surface area contributed by atoms with Gasteiger partial charge in [-0.25, -0.2) is 0 Å². The lowest BCUT2D eigenvalue weighted by Crippen LogP contribution is -2.39. The lowest BCUT2D eigenvalue weighted by Gasteiger charge is -2.11. The first-order valence-electron chi connectivity index (χ1n) is 6.41. The van der Waals surface area contributed by atoms with Crippen LogP contribution in [0.25, 0.3) is 0 Å². The van der Waals surface area contributed by atoms with Crippen molar-refractivity contribution in [2.75, 3.05) is 39.5 Å². The summed E-state index contributed by atoms with van der Waals surface area (Å²) in [5.41, 5.74) is 0. The molecule has 0 heterocycles. The van der Waals surface area contributed by atoms with Crippen LogP contribution in [0.15, 0.2) is 4.99 Å². The summed E-state index contributed by atoms with van der Waals surface area (Å²) in [4.78, 5) is 4.17. The second kappa shape index (κ2) is 15.0. The highest BCUT2D eigenvalue weighted by atomic mass is 127. The van der Waals surface area contributed by atoms with E-state index in [1.54, 1.807) is 0 Å². The Morgan fingerprint density at radius 1 is 1.28 bits per heavy atom. The van der Waals surface area contributed by atoms with E-state index in [0.717, 1.165) is 32.1 Å². The van der Waals surface area contributed by atoms with Crippen LogP contribution in [0.5, 0.6) is 0 Å². The Morgan fingerprint density at radius 2 is 2.00 bits per heavy atom. The first-order valence-corrected chi connectivity index (χ1v) is 6.41. The summed E-state index contributed by atoms with van der Waals surface area (Å²) in [7, 11) is 0. The number of nitrogens with zero attached hydrogens (tertiary/aromatic N) is 1. The summed E-state index contributed by atoms with van der Waals surface area (Å²) >= 11 is 0. The summed E-state index contributed by atoms with van der Waals surface area (Å²) in [6, 6.07) is 0. The molecule has 0 saturated carbocycles. The molecule has 0 bridgehead atoms. The van der Waals surface area contributed by atoms with Gasteiger partial charge in [0.2, 0.25) is 0 Å². The molecule has 0 spiro atoms. The molecule has 0 aromatic heterocycles. The van der Waals surface area contributed by atoms with Crippen LogP contribution in [-0.4, -0.2) is 50.5 Å². The Morgan fingerprint density at radius 3 is 2.56 bits per heavy atom. The minimum absolute atomic E-state index is 0. The SMILES string of the molecule is CCNC(=NCCO)NCCOCCC(C)C.I. The van der Waals surface area contributed by atoms with Gasteiger partial charge in [0.05, 0.1) is 19.8 Å². The standard InChI is InChI=1S/C12H27N3O2.HI/c1-4-13-12(14-6-8-16)15-7-10-17-9-5-11(2)3;/h11,16H,4-10H2,1-3H3,(H2,13,14,15);1H. The van der Waals surface area contributed by atoms with Gasteiger partial charge in [0.1, 0.15) is 0 Å². The third-order valence-electron chi connectivity index (χ3n) is 2.09. The van der Waals surface area contributed by atoms with Crippen molar-refractivity contribution in [1.29, 1.82) is 0 Å². The molecule has 0 saturated heterocycles. The van der Waals surface area contributed by atoms with Gasteiger partial charge in [-0.1, -0.05) is 13.8 Å². The van der Waals surface area contributed by atoms with Crippen molar-refractivity contribution in [1.82, 2.24) is 10.6 Å². The Balaban J connectivity index is 0. The quantitative estimate of drug-likeness (QED) is 0.246. The van der Waals surface area contributed by atoms with E-state index in [-0.39, 0.29) is 30.6 Å². The minimum atomic E-state index is 0. The number of aliphatic hydroxyl groups is 1. The molecule has 0 aromatic carbocycles. The van der Waals surface area contributed by atoms with Gasteiger partial charge in [-0.3, -0.25) is 4.99 Å². The zero-order chi connectivity index (χ0) is 12.9. The smallest absolute Gasteiger partial charge is 0.191 e. The average molecular weight is 373 g/mol. The number of aliphatic hydroxyl groups excluding tert-OH is 1. The monoisotopic (exact) mass is 373 g/mol. The molecule has 6 heteroatoms. The van der Waals surface area contributed by atoms with Gasteiger partial charge in [-0.2, -0.15) is 0 Å². The molecular formula is C12H28IN3O2. The normalized spacial score (nSPS) is 11.3. The van der Waals surface area contributed by atoms with Crippen LogP contribution in [0, 0.1) is 5.92 Å². The first kappa shape index (κ1) is 20.2. The second-order valence-electron chi connectivity index (χ2n) is 4.21. The van der Waals surface area contributed by atoms with Crippen molar-refractivity contribution in [3.05, 3.63) is 0 Å². The minimum Gasteiger partial charge on any atom is -0.394 e. The molecule has 0 amide bonds. The fourth-order valence-electron chi connectivity index (χ4n) is 1.17. The average Bonchev–Trinajstić information content (AvgIpc) is 2.29. The molecule has 5 nitrogen and oxygen atoms in total. The summed E-state index contributed by atoms with van der Waals surface area (Å²) in [5, 5.41) is 14.9. The molecule has 0 aromatic rings. The Labute approximate surface area is 128 Å². The number of ether oxygens (including phenoxy) is 1. The highest BCUT2D eigenvalue weighted by Crippen LogP contribution is 1.98. The highest BCUT2D eigenvalue weighted by molar-refractivity contribution is 14.0. The fraction of sp³-hybridized carbons (Fsp3) is 0.917. The maximum atomic E-state index is 8.69. The topological polar surface area (TPSA) is 65.9 Å². The molecule has 3 N–H and O–H groups in total. The Bertz CT molecular complexity index is 202. The van der Waals surface area contributed by atoms with Gasteiger partial charge in [0.25, 0.3) is 0 Å². The zero-order valence-corrected chi connectivity index (χ0v) is 14.1. The van der Waals surface area contributed by atoms with Crippen molar-refractivity contribution >= 4 is 29.9 Å². The molecule has 0 radical (unpaired) electrons. The van der Waals surface area contributed by atoms with Gasteiger partial charge in [0.15, 0.2) is 5.96 Å². The fourth-order valence-corrected chi connectivity index (χ4v) is 1.17. The number of halogens is 1. The maximum Gasteiger partial charge on any atom is 0.191 e. The van der Waals surface area contributed by atoms with Crippen molar-refractivity contribution < 1.29 is 9.84 Å². The van der Waals surface area contributed by atoms with Crippen LogP contribution in [-0.2, 0) is 4.74 Å². The largest absolute Gasteiger partial charge is 0.394 e. The predicted molar refractivity (Wildman–Crippen MR) is 86.8 cm³/mol. The van der Waals surface area contributed by atoms with E-state index in [2.05, 4.69) is 29.5 Å². The number of aliphatic imine (C=N–C) groups is 1. The second-order valence-corrected chi connectivity index (χ2v) is 4.21. The molecule has 0 rings (SSSR count). The van der Waals surface area contributed by atoms with E-state index in [9.17, 15) is 0 Å². The number of guanidine groups is 1. The van der Waals surface area contributed by atoms with Crippen LogP contribution in [0.3, 0.4) is 0 Å². The molecule has 0 unspecified atom stereocenters. The number of hydrogen-bond acceptors (Lipinski definition) is 3. The van der Waals surface area contributed by atoms with Crippen LogP contribution in [0.1, 0.15) is 27.2 Å². The van der Waals surface area contributed by atoms with Crippen molar-refractivity contribution in [2.24, 2.45) is 10.9 Å². The highest BCUT2D eigenvalue weighted by Gasteiger charge is 1.97. The molecule has 0 fully saturated rings. The van der Waals surface area contributed by atoms with E-state index in [4.69, 9.17) is 9.84 Å².